The van der Waals surface area contributed by atoms with Gasteiger partial charge in [0.1, 0.15) is 92.1 Å². The van der Waals surface area contributed by atoms with Crippen molar-refractivity contribution in [3.63, 3.8) is 0 Å². The van der Waals surface area contributed by atoms with E-state index in [-0.39, 0.29) is 88.4 Å². The van der Waals surface area contributed by atoms with Crippen LogP contribution in [-0.4, -0.2) is 238 Å². The highest BCUT2D eigenvalue weighted by molar-refractivity contribution is 8.44. The smallest absolute Gasteiger partial charge is 0.383 e. The molecular weight excluding hydrogens is 2200 g/mol. The van der Waals surface area contributed by atoms with Gasteiger partial charge < -0.3 is 128 Å². The fraction of sp³-hybridized carbons (Fsp3) is 0.597. The number of H-pyrrole nitrogens is 6. The molecule has 0 amide bonds. The number of nitrogens with one attached hydrogen (secondary N) is 6. The second-order valence-corrected chi connectivity index (χ2v) is 53.6. The SMILES string of the molecule is CC[C@H]1O[C@@H](n2cc(C)c(=O)[nH]c2=O)C[C@H]1OP(O)(=S)OC[C@H]1O[C@@H](n2cc(C)c(=O)[nH]c2=O)C[C@H]1OP(=O)(S)OC[C@H]1O[C@@H](n2cc(C)c(=O)[nH]c2=O)C[C@H]1OP(O)(=S)OC[C@H]1O[C@@H](n2cc(C)c(=O)[nH]c2=O)C[C@H]1OP(O)(=S)OC[C@H]1O[C@@H](n2cc(C)c(N)nc2=O)C[C@H]1OP(O)(=S)OC[C@H]1O[C@@H](n2cc(C)c(=O)[nH]c2=O)C[C@H]1OP(O)(=S)OC[C@H]1O[C@@H](n2cnc3c(=O)[nH]c(N)nc32)C[C@H]1OP(O)(=S)OC. The molecule has 8 aromatic rings. The van der Waals surface area contributed by atoms with Gasteiger partial charge in [-0.3, -0.25) is 99.7 Å². The number of nitrogens with zero attached hydrogens (tertiary/aromatic N) is 10. The van der Waals surface area contributed by atoms with Gasteiger partial charge in [-0.15, -0.1) is 0 Å². The summed E-state index contributed by atoms with van der Waals surface area (Å²) >= 11 is 37.3. The molecule has 144 heavy (non-hydrogen) atoms. The first-order valence-corrected chi connectivity index (χ1v) is 61.5. The molecule has 8 aromatic heterocycles. The maximum Gasteiger partial charge on any atom is 0.386 e. The normalized spacial score (nSPS) is 29.6. The Hall–Kier alpha value is -6.37. The molecule has 7 saturated heterocycles. The van der Waals surface area contributed by atoms with Crippen LogP contribution in [0.3, 0.4) is 0 Å². The molecule has 0 saturated carbocycles. The van der Waals surface area contributed by atoms with E-state index in [1.807, 2.05) is 0 Å². The van der Waals surface area contributed by atoms with E-state index in [0.29, 0.717) is 0 Å². The van der Waals surface area contributed by atoms with Gasteiger partial charge in [0.2, 0.25) is 5.95 Å². The molecule has 16 N–H and O–H groups in total. The predicted molar refractivity (Wildman–Crippen MR) is 523 cm³/mol. The Morgan fingerprint density at radius 2 is 0.611 bits per heavy atom. The Morgan fingerprint density at radius 3 is 0.903 bits per heavy atom. The number of hydrogen-bond donors (Lipinski definition) is 15. The fourth-order valence-corrected chi connectivity index (χ4v) is 26.4. The number of aryl methyl sites for hydroxylation is 6. The zero-order valence-electron chi connectivity index (χ0n) is 76.3. The van der Waals surface area contributed by atoms with E-state index in [1.165, 1.54) is 77.2 Å². The van der Waals surface area contributed by atoms with Crippen molar-refractivity contribution in [3.8, 4) is 0 Å². The van der Waals surface area contributed by atoms with E-state index in [0.717, 1.165) is 46.9 Å². The van der Waals surface area contributed by atoms with Gasteiger partial charge >= 0.3 is 81.2 Å². The lowest BCUT2D eigenvalue weighted by molar-refractivity contribution is -0.0577. The number of nitrogens with two attached hydrogens (primary N) is 2. The van der Waals surface area contributed by atoms with Crippen LogP contribution < -0.4 is 79.0 Å². The predicted octanol–water partition coefficient (Wildman–Crippen LogP) is 0.346. The molecule has 7 aliphatic rings. The minimum Gasteiger partial charge on any atom is -0.383 e. The van der Waals surface area contributed by atoms with Crippen LogP contribution in [0.25, 0.3) is 11.2 Å². The molecule has 58 nitrogen and oxygen atoms in total. The van der Waals surface area contributed by atoms with Crippen molar-refractivity contribution in [1.82, 2.24) is 76.8 Å². The van der Waals surface area contributed by atoms with Gasteiger partial charge in [-0.25, -0.2) is 38.3 Å². The highest BCUT2D eigenvalue weighted by atomic mass is 32.7. The van der Waals surface area contributed by atoms with Crippen LogP contribution in [0.2, 0.25) is 0 Å². The van der Waals surface area contributed by atoms with Crippen molar-refractivity contribution in [2.75, 3.05) is 58.2 Å². The summed E-state index contributed by atoms with van der Waals surface area (Å²) in [6.45, 7) is -26.7. The van der Waals surface area contributed by atoms with Crippen LogP contribution in [0, 0.1) is 41.5 Å². The number of hydrogen-bond acceptors (Lipinski definition) is 45. The van der Waals surface area contributed by atoms with Crippen LogP contribution in [0.5, 0.6) is 0 Å². The molecule has 792 valence electrons. The lowest BCUT2D eigenvalue weighted by atomic mass is 10.1. The summed E-state index contributed by atoms with van der Waals surface area (Å²) in [6, 6.07) is 0. The van der Waals surface area contributed by atoms with Gasteiger partial charge in [-0.2, -0.15) is 9.97 Å². The first-order chi connectivity index (χ1) is 67.5. The molecule has 0 spiro atoms. The first-order valence-electron chi connectivity index (χ1n) is 43.3. The first kappa shape index (κ1) is 112. The van der Waals surface area contributed by atoms with Gasteiger partial charge in [0.15, 0.2) is 11.2 Å². The Bertz CT molecular complexity index is 7390. The summed E-state index contributed by atoms with van der Waals surface area (Å²) in [5, 5.41) is 0. The minimum absolute atomic E-state index is 0.00307. The summed E-state index contributed by atoms with van der Waals surface area (Å²) in [6.07, 6.45) is -21.8. The molecule has 0 radical (unpaired) electrons. The van der Waals surface area contributed by atoms with Gasteiger partial charge in [0.05, 0.1) is 88.7 Å². The molecule has 7 unspecified atom stereocenters. The molecule has 0 aromatic carbocycles. The number of nitrogen functional groups attached to an aromatic ring is 2. The number of ether oxygens (including phenoxy) is 7. The van der Waals surface area contributed by atoms with E-state index < -0.39 is 303 Å². The Kier molecular flexibility index (Phi) is 34.8. The third kappa shape index (κ3) is 26.8. The van der Waals surface area contributed by atoms with Crippen molar-refractivity contribution in [3.05, 3.63) is 202 Å². The topological polar surface area (TPSA) is 757 Å². The molecule has 7 aliphatic heterocycles. The number of thiol groups is 1. The number of imidazole rings is 1. The maximum atomic E-state index is 14.8. The number of fused-ring (bicyclic) bond motifs is 1. The molecular formula is C72H97N18O40P7S7. The zero-order chi connectivity index (χ0) is 104. The number of aromatic nitrogens is 16. The minimum atomic E-state index is -4.84. The third-order valence-corrected chi connectivity index (χ3v) is 35.0. The van der Waals surface area contributed by atoms with E-state index in [1.54, 1.807) is 6.92 Å². The second kappa shape index (κ2) is 44.9. The van der Waals surface area contributed by atoms with E-state index in [9.17, 15) is 91.5 Å². The van der Waals surface area contributed by atoms with Crippen LogP contribution in [0.1, 0.15) is 135 Å². The monoisotopic (exact) mass is 2290 g/mol. The second-order valence-electron chi connectivity index (χ2n) is 33.9. The standard InChI is InChI=1S/C72H97N18O40P7S7/c1-9-36-37(10-50(117-36)85-18-31(3)60(91)79-68(85)98)125-132(104,139)111-24-46-40(12-52(119-46)86-19-32(4)61(92)80-69(86)99)128-136(108,143)115-27-49-43(15-55(122-49)89-22-35(7)64(95)83-72(89)102)130-137(109,144)116-28-48-42(14-54(121-48)88-21-34(6)63(94)82-71(88)101)129-135(107,142)113-25-45-39(11-51(118-45)84-17-30(2)58(73)76-67(84)97)126-134(106,141)114-26-47-41(13-53(120-47)87-20-33(5)62(93)81-70(87)100)127-133(105,140)112-23-44-38(124-131(103,138)110-8)16-56(123-44)90-29-75-57-59(90)77-66(74)78-65(57)96/h17-22,29,36-56H,9-16,23-28H2,1-8H3,(H,103,138)(H,104,139)(H,105,140)(H,106,141)(H,107,142)(H,108,143)(H,109,144)(H2,73,76,97)(H,79,91,98)(H,80,92,99)(H,81,93,100)(H,82,94,101)(H,83,95,102)(H3,74,77,78,96)/t36-,37-,38-,39-,40-,41-,42-,43-,44-,45-,46-,47-,48-,49-,50-,51-,52-,53-,54-,55-,56-,131?,132?,133?,134?,135?,136?,137?/m1/s1. The molecule has 28 atom stereocenters. The summed E-state index contributed by atoms with van der Waals surface area (Å²) in [7, 11) is 1.10. The average molecular weight is 2300 g/mol. The average Bonchev–Trinajstić information content (AvgIpc) is 1.62. The number of anilines is 2. The molecule has 0 bridgehead atoms. The Labute approximate surface area is 843 Å². The van der Waals surface area contributed by atoms with Crippen molar-refractivity contribution in [2.24, 2.45) is 0 Å². The highest BCUT2D eigenvalue weighted by Crippen LogP contribution is 2.60. The maximum absolute atomic E-state index is 14.8. The van der Waals surface area contributed by atoms with E-state index in [2.05, 4.69) is 57.1 Å². The van der Waals surface area contributed by atoms with Gasteiger partial charge in [-0.05, 0) is 119 Å². The van der Waals surface area contributed by atoms with Gasteiger partial charge in [0.25, 0.3) is 33.4 Å². The summed E-state index contributed by atoms with van der Waals surface area (Å²) in [5.41, 5.74) is 2.46. The lowest BCUT2D eigenvalue weighted by Crippen LogP contribution is -2.33. The molecule has 15 heterocycles. The fourth-order valence-electron chi connectivity index (χ4n) is 16.5. The van der Waals surface area contributed by atoms with E-state index in [4.69, 9.17) is 179 Å². The number of rotatable bonds is 41. The summed E-state index contributed by atoms with van der Waals surface area (Å²) in [5.74, 6) is -0.405. The van der Waals surface area contributed by atoms with Crippen LogP contribution in [-0.2, 0) is 172 Å². The van der Waals surface area contributed by atoms with Crippen molar-refractivity contribution >= 4 is 153 Å². The lowest BCUT2D eigenvalue weighted by Gasteiger charge is -2.28. The Morgan fingerprint density at radius 1 is 0.361 bits per heavy atom. The molecule has 15 rings (SSSR count). The van der Waals surface area contributed by atoms with Gasteiger partial charge in [0, 0.05) is 123 Å². The summed E-state index contributed by atoms with van der Waals surface area (Å²) in [4.78, 5) is 252. The van der Waals surface area contributed by atoms with Crippen molar-refractivity contribution in [1.29, 1.82) is 0 Å². The quantitative estimate of drug-likeness (QED) is 0.0181. The van der Waals surface area contributed by atoms with E-state index >= 15 is 0 Å². The summed E-state index contributed by atoms with van der Waals surface area (Å²) < 4.78 is 149. The largest absolute Gasteiger partial charge is 0.386 e. The third-order valence-electron chi connectivity index (χ3n) is 23.7. The van der Waals surface area contributed by atoms with Gasteiger partial charge in [-0.1, -0.05) is 19.2 Å². The zero-order valence-corrected chi connectivity index (χ0v) is 88.3. The molecule has 7 fully saturated rings. The highest BCUT2D eigenvalue weighted by Gasteiger charge is 2.52. The van der Waals surface area contributed by atoms with Crippen LogP contribution in [0.15, 0.2) is 101 Å². The van der Waals surface area contributed by atoms with Crippen LogP contribution in [0.4, 0.5) is 11.8 Å². The van der Waals surface area contributed by atoms with Crippen molar-refractivity contribution < 1.29 is 130 Å². The Balaban J connectivity index is 0.632. The van der Waals surface area contributed by atoms with Crippen molar-refractivity contribution in [2.45, 2.75) is 229 Å². The molecule has 0 aliphatic carbocycles. The van der Waals surface area contributed by atoms with Crippen LogP contribution >= 0.6 is 59.4 Å². The number of aromatic amines is 6. The molecule has 72 heteroatoms.